The van der Waals surface area contributed by atoms with E-state index in [1.807, 2.05) is 0 Å². The third-order valence-corrected chi connectivity index (χ3v) is 3.06. The van der Waals surface area contributed by atoms with Gasteiger partial charge in [-0.2, -0.15) is 0 Å². The SMILES string of the molecule is CCCCCCC(CC)NC(=O)c1cncnc1. The number of hydrogen-bond donors (Lipinski definition) is 1. The molecule has 0 aliphatic rings. The Labute approximate surface area is 109 Å². The minimum atomic E-state index is -0.0714. The zero-order valence-corrected chi connectivity index (χ0v) is 11.4. The monoisotopic (exact) mass is 249 g/mol. The second-order valence-electron chi connectivity index (χ2n) is 4.56. The number of hydrogen-bond acceptors (Lipinski definition) is 3. The lowest BCUT2D eigenvalue weighted by atomic mass is 10.0. The van der Waals surface area contributed by atoms with Crippen LogP contribution in [0.25, 0.3) is 0 Å². The molecule has 0 aliphatic heterocycles. The summed E-state index contributed by atoms with van der Waals surface area (Å²) in [4.78, 5) is 19.6. The van der Waals surface area contributed by atoms with E-state index in [0.29, 0.717) is 5.56 Å². The Morgan fingerprint density at radius 2 is 1.94 bits per heavy atom. The number of nitrogens with one attached hydrogen (secondary N) is 1. The van der Waals surface area contributed by atoms with Gasteiger partial charge in [-0.1, -0.05) is 39.5 Å². The Morgan fingerprint density at radius 1 is 1.22 bits per heavy atom. The first-order valence-electron chi connectivity index (χ1n) is 6.83. The van der Waals surface area contributed by atoms with E-state index in [2.05, 4.69) is 29.1 Å². The maximum atomic E-state index is 11.9. The molecule has 0 aliphatic carbocycles. The summed E-state index contributed by atoms with van der Waals surface area (Å²) < 4.78 is 0. The van der Waals surface area contributed by atoms with Gasteiger partial charge < -0.3 is 5.32 Å². The lowest BCUT2D eigenvalue weighted by molar-refractivity contribution is 0.0932. The maximum absolute atomic E-state index is 11.9. The zero-order chi connectivity index (χ0) is 13.2. The summed E-state index contributed by atoms with van der Waals surface area (Å²) >= 11 is 0. The summed E-state index contributed by atoms with van der Waals surface area (Å²) in [5, 5.41) is 3.04. The maximum Gasteiger partial charge on any atom is 0.254 e. The summed E-state index contributed by atoms with van der Waals surface area (Å²) in [5.41, 5.74) is 0.532. The third-order valence-electron chi connectivity index (χ3n) is 3.06. The molecule has 0 fully saturated rings. The fraction of sp³-hybridized carbons (Fsp3) is 0.643. The van der Waals surface area contributed by atoms with E-state index < -0.39 is 0 Å². The van der Waals surface area contributed by atoms with Gasteiger partial charge in [0.1, 0.15) is 6.33 Å². The highest BCUT2D eigenvalue weighted by molar-refractivity contribution is 5.93. The normalized spacial score (nSPS) is 12.1. The molecule has 1 N–H and O–H groups in total. The van der Waals surface area contributed by atoms with Gasteiger partial charge in [-0.05, 0) is 12.8 Å². The van der Waals surface area contributed by atoms with Crippen LogP contribution in [-0.2, 0) is 0 Å². The smallest absolute Gasteiger partial charge is 0.254 e. The van der Waals surface area contributed by atoms with Gasteiger partial charge in [-0.25, -0.2) is 9.97 Å². The highest BCUT2D eigenvalue weighted by Gasteiger charge is 2.11. The van der Waals surface area contributed by atoms with Gasteiger partial charge in [0.05, 0.1) is 5.56 Å². The van der Waals surface area contributed by atoms with Crippen LogP contribution in [0.15, 0.2) is 18.7 Å². The van der Waals surface area contributed by atoms with E-state index in [0.717, 1.165) is 12.8 Å². The quantitative estimate of drug-likeness (QED) is 0.721. The highest BCUT2D eigenvalue weighted by Crippen LogP contribution is 2.08. The molecule has 100 valence electrons. The molecular formula is C14H23N3O. The van der Waals surface area contributed by atoms with E-state index in [-0.39, 0.29) is 11.9 Å². The van der Waals surface area contributed by atoms with Crippen LogP contribution >= 0.6 is 0 Å². The van der Waals surface area contributed by atoms with Crippen molar-refractivity contribution < 1.29 is 4.79 Å². The van der Waals surface area contributed by atoms with Crippen LogP contribution < -0.4 is 5.32 Å². The van der Waals surface area contributed by atoms with Crippen LogP contribution in [0.3, 0.4) is 0 Å². The average molecular weight is 249 g/mol. The predicted octanol–water partition coefficient (Wildman–Crippen LogP) is 2.96. The van der Waals surface area contributed by atoms with Crippen molar-refractivity contribution in [3.05, 3.63) is 24.3 Å². The number of rotatable bonds is 8. The number of aromatic nitrogens is 2. The number of carbonyl (C=O) groups is 1. The van der Waals surface area contributed by atoms with Crippen molar-refractivity contribution in [1.82, 2.24) is 15.3 Å². The Bertz CT molecular complexity index is 340. The van der Waals surface area contributed by atoms with Crippen LogP contribution in [0, 0.1) is 0 Å². The van der Waals surface area contributed by atoms with Gasteiger partial charge in [0.2, 0.25) is 0 Å². The van der Waals surface area contributed by atoms with E-state index in [1.54, 1.807) is 12.4 Å². The summed E-state index contributed by atoms with van der Waals surface area (Å²) in [6.45, 7) is 4.31. The molecule has 0 radical (unpaired) electrons. The summed E-state index contributed by atoms with van der Waals surface area (Å²) in [7, 11) is 0. The lowest BCUT2D eigenvalue weighted by Gasteiger charge is -2.16. The third kappa shape index (κ3) is 5.25. The van der Waals surface area contributed by atoms with E-state index in [4.69, 9.17) is 0 Å². The number of carbonyl (C=O) groups excluding carboxylic acids is 1. The van der Waals surface area contributed by atoms with Gasteiger partial charge in [0.25, 0.3) is 5.91 Å². The van der Waals surface area contributed by atoms with E-state index in [1.165, 1.54) is 32.0 Å². The first kappa shape index (κ1) is 14.6. The molecule has 1 rings (SSSR count). The fourth-order valence-corrected chi connectivity index (χ4v) is 1.88. The van der Waals surface area contributed by atoms with Gasteiger partial charge in [-0.15, -0.1) is 0 Å². The van der Waals surface area contributed by atoms with Crippen LogP contribution in [0.2, 0.25) is 0 Å². The van der Waals surface area contributed by atoms with Crippen molar-refractivity contribution in [3.8, 4) is 0 Å². The molecule has 1 atom stereocenters. The zero-order valence-electron chi connectivity index (χ0n) is 11.4. The second-order valence-corrected chi connectivity index (χ2v) is 4.56. The Balaban J connectivity index is 2.36. The molecule has 1 amide bonds. The van der Waals surface area contributed by atoms with Crippen molar-refractivity contribution in [2.24, 2.45) is 0 Å². The molecule has 4 heteroatoms. The van der Waals surface area contributed by atoms with Crippen molar-refractivity contribution in [1.29, 1.82) is 0 Å². The molecule has 4 nitrogen and oxygen atoms in total. The van der Waals surface area contributed by atoms with E-state index >= 15 is 0 Å². The minimum Gasteiger partial charge on any atom is -0.349 e. The van der Waals surface area contributed by atoms with Crippen molar-refractivity contribution in [3.63, 3.8) is 0 Å². The topological polar surface area (TPSA) is 54.9 Å². The van der Waals surface area contributed by atoms with E-state index in [9.17, 15) is 4.79 Å². The Morgan fingerprint density at radius 3 is 2.56 bits per heavy atom. The molecule has 0 saturated heterocycles. The molecule has 0 spiro atoms. The van der Waals surface area contributed by atoms with Gasteiger partial charge in [0.15, 0.2) is 0 Å². The molecule has 1 aromatic heterocycles. The molecule has 1 heterocycles. The molecule has 0 aromatic carbocycles. The first-order chi connectivity index (χ1) is 8.77. The van der Waals surface area contributed by atoms with Crippen molar-refractivity contribution in [2.75, 3.05) is 0 Å². The highest BCUT2D eigenvalue weighted by atomic mass is 16.1. The standard InChI is InChI=1S/C14H23N3O/c1-3-5-6-7-8-13(4-2)17-14(18)12-9-15-11-16-10-12/h9-11,13H,3-8H2,1-2H3,(H,17,18). The molecule has 1 aromatic rings. The molecule has 18 heavy (non-hydrogen) atoms. The number of unbranched alkanes of at least 4 members (excludes halogenated alkanes) is 3. The van der Waals surface area contributed by atoms with Crippen LogP contribution in [0.4, 0.5) is 0 Å². The largest absolute Gasteiger partial charge is 0.349 e. The molecule has 1 unspecified atom stereocenters. The Hall–Kier alpha value is -1.45. The van der Waals surface area contributed by atoms with Crippen LogP contribution in [-0.4, -0.2) is 21.9 Å². The van der Waals surface area contributed by atoms with Crippen molar-refractivity contribution in [2.45, 2.75) is 58.4 Å². The van der Waals surface area contributed by atoms with Gasteiger partial charge in [0, 0.05) is 18.4 Å². The predicted molar refractivity (Wildman–Crippen MR) is 72.3 cm³/mol. The molecule has 0 saturated carbocycles. The van der Waals surface area contributed by atoms with Crippen LogP contribution in [0.5, 0.6) is 0 Å². The first-order valence-corrected chi connectivity index (χ1v) is 6.83. The van der Waals surface area contributed by atoms with Crippen LogP contribution in [0.1, 0.15) is 62.7 Å². The minimum absolute atomic E-state index is 0.0714. The lowest BCUT2D eigenvalue weighted by Crippen LogP contribution is -2.34. The fourth-order valence-electron chi connectivity index (χ4n) is 1.88. The van der Waals surface area contributed by atoms with Gasteiger partial charge in [-0.3, -0.25) is 4.79 Å². The second kappa shape index (κ2) is 8.61. The molecule has 0 bridgehead atoms. The summed E-state index contributed by atoms with van der Waals surface area (Å²) in [6, 6.07) is 0.259. The Kier molecular flexibility index (Phi) is 6.99. The number of nitrogens with zero attached hydrogens (tertiary/aromatic N) is 2. The number of amides is 1. The van der Waals surface area contributed by atoms with Crippen molar-refractivity contribution >= 4 is 5.91 Å². The summed E-state index contributed by atoms with van der Waals surface area (Å²) in [6.07, 6.45) is 11.5. The van der Waals surface area contributed by atoms with Gasteiger partial charge >= 0.3 is 0 Å². The summed E-state index contributed by atoms with van der Waals surface area (Å²) in [5.74, 6) is -0.0714. The average Bonchev–Trinajstić information content (AvgIpc) is 2.43. The molecular weight excluding hydrogens is 226 g/mol.